The Bertz CT molecular complexity index is 477. The van der Waals surface area contributed by atoms with Crippen LogP contribution in [-0.4, -0.2) is 18.3 Å². The summed E-state index contributed by atoms with van der Waals surface area (Å²) in [5, 5.41) is 0. The minimum Gasteiger partial charge on any atom is -0.383 e. The lowest BCUT2D eigenvalue weighted by molar-refractivity contribution is 0.184. The van der Waals surface area contributed by atoms with Gasteiger partial charge in [0.2, 0.25) is 0 Å². The van der Waals surface area contributed by atoms with E-state index in [9.17, 15) is 4.79 Å². The molecule has 1 aromatic heterocycles. The minimum atomic E-state index is -0.210. The number of fused-ring (bicyclic) bond motifs is 1. The molecule has 0 aromatic carbocycles. The minimum absolute atomic E-state index is 0.0581. The Labute approximate surface area is 108 Å². The molecule has 4 nitrogen and oxygen atoms in total. The number of aryl methyl sites for hydroxylation is 1. The van der Waals surface area contributed by atoms with Crippen LogP contribution < -0.4 is 11.3 Å². The fourth-order valence-corrected chi connectivity index (χ4v) is 2.65. The molecule has 100 valence electrons. The van der Waals surface area contributed by atoms with Crippen LogP contribution in [0.4, 0.5) is 0 Å². The van der Waals surface area contributed by atoms with E-state index in [0.29, 0.717) is 13.2 Å². The molecule has 4 heteroatoms. The zero-order valence-corrected chi connectivity index (χ0v) is 11.2. The maximum Gasteiger partial charge on any atom is 0.255 e. The van der Waals surface area contributed by atoms with Gasteiger partial charge in [-0.25, -0.2) is 0 Å². The number of ether oxygens (including phenoxy) is 1. The van der Waals surface area contributed by atoms with Gasteiger partial charge < -0.3 is 15.0 Å². The van der Waals surface area contributed by atoms with Gasteiger partial charge in [0.15, 0.2) is 0 Å². The van der Waals surface area contributed by atoms with Gasteiger partial charge >= 0.3 is 0 Å². The van der Waals surface area contributed by atoms with E-state index >= 15 is 0 Å². The van der Waals surface area contributed by atoms with Gasteiger partial charge in [0.05, 0.1) is 6.61 Å². The van der Waals surface area contributed by atoms with Gasteiger partial charge in [-0.3, -0.25) is 4.79 Å². The first-order valence-electron chi connectivity index (χ1n) is 6.65. The largest absolute Gasteiger partial charge is 0.383 e. The fourth-order valence-electron chi connectivity index (χ4n) is 2.65. The van der Waals surface area contributed by atoms with Crippen molar-refractivity contribution in [3.8, 4) is 0 Å². The van der Waals surface area contributed by atoms with Crippen LogP contribution in [0.2, 0.25) is 0 Å². The van der Waals surface area contributed by atoms with Crippen LogP contribution >= 0.6 is 0 Å². The van der Waals surface area contributed by atoms with E-state index in [1.807, 2.05) is 17.6 Å². The van der Waals surface area contributed by atoms with Crippen molar-refractivity contribution >= 4 is 0 Å². The Morgan fingerprint density at radius 3 is 2.83 bits per heavy atom. The summed E-state index contributed by atoms with van der Waals surface area (Å²) in [7, 11) is 1.66. The monoisotopic (exact) mass is 250 g/mol. The average Bonchev–Trinajstić information content (AvgIpc) is 2.37. The topological polar surface area (TPSA) is 57.2 Å². The van der Waals surface area contributed by atoms with E-state index in [-0.39, 0.29) is 11.6 Å². The quantitative estimate of drug-likeness (QED) is 0.878. The van der Waals surface area contributed by atoms with Crippen LogP contribution in [0.25, 0.3) is 0 Å². The maximum atomic E-state index is 12.4. The lowest BCUT2D eigenvalue weighted by Gasteiger charge is -2.23. The molecule has 0 fully saturated rings. The summed E-state index contributed by atoms with van der Waals surface area (Å²) < 4.78 is 6.97. The van der Waals surface area contributed by atoms with Crippen LogP contribution in [0.3, 0.4) is 0 Å². The van der Waals surface area contributed by atoms with Gasteiger partial charge in [0.25, 0.3) is 5.56 Å². The zero-order valence-electron chi connectivity index (χ0n) is 11.2. The first kappa shape index (κ1) is 13.3. The first-order valence-corrected chi connectivity index (χ1v) is 6.65. The van der Waals surface area contributed by atoms with Crippen LogP contribution in [-0.2, 0) is 24.1 Å². The molecule has 1 aromatic rings. The van der Waals surface area contributed by atoms with Gasteiger partial charge in [-0.05, 0) is 44.2 Å². The molecular weight excluding hydrogens is 228 g/mol. The molecule has 0 saturated heterocycles. The third-order valence-corrected chi connectivity index (χ3v) is 3.64. The van der Waals surface area contributed by atoms with E-state index in [4.69, 9.17) is 10.5 Å². The summed E-state index contributed by atoms with van der Waals surface area (Å²) in [4.78, 5) is 12.4. The Kier molecular flexibility index (Phi) is 4.19. The normalized spacial score (nSPS) is 16.4. The number of hydrogen-bond acceptors (Lipinski definition) is 3. The second-order valence-corrected chi connectivity index (χ2v) is 5.02. The van der Waals surface area contributed by atoms with Crippen molar-refractivity contribution in [1.82, 2.24) is 4.57 Å². The molecule has 0 radical (unpaired) electrons. The Balaban J connectivity index is 2.52. The molecule has 18 heavy (non-hydrogen) atoms. The second kappa shape index (κ2) is 5.67. The Hall–Kier alpha value is -1.13. The van der Waals surface area contributed by atoms with E-state index in [0.717, 1.165) is 24.8 Å². The van der Waals surface area contributed by atoms with Crippen LogP contribution in [0.1, 0.15) is 42.6 Å². The molecule has 1 aliphatic rings. The van der Waals surface area contributed by atoms with Crippen molar-refractivity contribution in [1.29, 1.82) is 0 Å². The van der Waals surface area contributed by atoms with E-state index in [1.165, 1.54) is 17.7 Å². The van der Waals surface area contributed by atoms with Crippen LogP contribution in [0.5, 0.6) is 0 Å². The molecule has 1 heterocycles. The smallest absolute Gasteiger partial charge is 0.255 e. The van der Waals surface area contributed by atoms with Crippen LogP contribution in [0, 0.1) is 0 Å². The molecular formula is C14H22N2O2. The zero-order chi connectivity index (χ0) is 13.1. The summed E-state index contributed by atoms with van der Waals surface area (Å²) >= 11 is 0. The molecule has 0 saturated carbocycles. The summed E-state index contributed by atoms with van der Waals surface area (Å²) in [6.45, 7) is 3.06. The highest BCUT2D eigenvalue weighted by Crippen LogP contribution is 2.22. The van der Waals surface area contributed by atoms with Crippen molar-refractivity contribution < 1.29 is 4.74 Å². The fraction of sp³-hybridized carbons (Fsp3) is 0.643. The Morgan fingerprint density at radius 2 is 2.17 bits per heavy atom. The molecule has 0 bridgehead atoms. The highest BCUT2D eigenvalue weighted by molar-refractivity contribution is 5.30. The summed E-state index contributed by atoms with van der Waals surface area (Å²) in [6, 6.07) is 1.81. The van der Waals surface area contributed by atoms with Crippen molar-refractivity contribution in [3.05, 3.63) is 33.2 Å². The average molecular weight is 250 g/mol. The summed E-state index contributed by atoms with van der Waals surface area (Å²) in [5.41, 5.74) is 9.17. The predicted octanol–water partition coefficient (Wildman–Crippen LogP) is 1.39. The molecule has 1 unspecified atom stereocenters. The number of methoxy groups -OCH3 is 1. The summed E-state index contributed by atoms with van der Waals surface area (Å²) in [6.07, 6.45) is 4.42. The standard InChI is InChI=1S/C14H22N2O2/c1-10(15)12-9-11-5-3-4-6-13(11)16(14(12)17)7-8-18-2/h9-10H,3-8,15H2,1-2H3. The van der Waals surface area contributed by atoms with Gasteiger partial charge in [0, 0.05) is 31.0 Å². The number of aromatic nitrogens is 1. The number of nitrogens with zero attached hydrogens (tertiary/aromatic N) is 1. The van der Waals surface area contributed by atoms with E-state index < -0.39 is 0 Å². The predicted molar refractivity (Wildman–Crippen MR) is 71.8 cm³/mol. The lowest BCUT2D eigenvalue weighted by atomic mass is 9.93. The van der Waals surface area contributed by atoms with E-state index in [1.54, 1.807) is 7.11 Å². The lowest BCUT2D eigenvalue weighted by Crippen LogP contribution is -2.33. The van der Waals surface area contributed by atoms with Crippen LogP contribution in [0.15, 0.2) is 10.9 Å². The maximum absolute atomic E-state index is 12.4. The van der Waals surface area contributed by atoms with Crippen molar-refractivity contribution in [3.63, 3.8) is 0 Å². The number of hydrogen-bond donors (Lipinski definition) is 1. The van der Waals surface area contributed by atoms with Crippen molar-refractivity contribution in [2.75, 3.05) is 13.7 Å². The first-order chi connectivity index (χ1) is 8.65. The SMILES string of the molecule is COCCn1c2c(cc(C(C)N)c1=O)CCCC2. The van der Waals surface area contributed by atoms with Crippen molar-refractivity contribution in [2.24, 2.45) is 5.73 Å². The van der Waals surface area contributed by atoms with Gasteiger partial charge in [-0.15, -0.1) is 0 Å². The number of pyridine rings is 1. The van der Waals surface area contributed by atoms with E-state index in [2.05, 4.69) is 0 Å². The molecule has 1 aliphatic carbocycles. The highest BCUT2D eigenvalue weighted by Gasteiger charge is 2.18. The Morgan fingerprint density at radius 1 is 1.44 bits per heavy atom. The molecule has 2 N–H and O–H groups in total. The molecule has 1 atom stereocenters. The third-order valence-electron chi connectivity index (χ3n) is 3.64. The molecule has 0 amide bonds. The van der Waals surface area contributed by atoms with Gasteiger partial charge in [-0.2, -0.15) is 0 Å². The number of nitrogens with two attached hydrogens (primary N) is 1. The molecule has 0 spiro atoms. The molecule has 0 aliphatic heterocycles. The number of rotatable bonds is 4. The second-order valence-electron chi connectivity index (χ2n) is 5.02. The molecule has 2 rings (SSSR count). The highest BCUT2D eigenvalue weighted by atomic mass is 16.5. The van der Waals surface area contributed by atoms with Crippen molar-refractivity contribution in [2.45, 2.75) is 45.2 Å². The third kappa shape index (κ3) is 2.49. The van der Waals surface area contributed by atoms with Gasteiger partial charge in [-0.1, -0.05) is 0 Å². The summed E-state index contributed by atoms with van der Waals surface area (Å²) in [5.74, 6) is 0. The van der Waals surface area contributed by atoms with Gasteiger partial charge in [0.1, 0.15) is 0 Å².